The van der Waals surface area contributed by atoms with Gasteiger partial charge in [-0.3, -0.25) is 5.10 Å². The number of nitrogens with one attached hydrogen (secondary N) is 2. The predicted molar refractivity (Wildman–Crippen MR) is 74.9 cm³/mol. The fourth-order valence-electron chi connectivity index (χ4n) is 2.33. The highest BCUT2D eigenvalue weighted by Gasteiger charge is 2.28. The molecule has 0 aliphatic carbocycles. The Labute approximate surface area is 122 Å². The predicted octanol–water partition coefficient (Wildman–Crippen LogP) is 1.33. The first-order valence-electron chi connectivity index (χ1n) is 7.05. The van der Waals surface area contributed by atoms with Crippen LogP contribution in [0.3, 0.4) is 0 Å². The van der Waals surface area contributed by atoms with Gasteiger partial charge < -0.3 is 14.8 Å². The summed E-state index contributed by atoms with van der Waals surface area (Å²) in [6.45, 7) is 3.13. The monoisotopic (exact) mass is 290 g/mol. The lowest BCUT2D eigenvalue weighted by Crippen LogP contribution is -2.20. The van der Waals surface area contributed by atoms with Gasteiger partial charge in [-0.05, 0) is 19.8 Å². The Kier molecular flexibility index (Phi) is 4.25. The van der Waals surface area contributed by atoms with Crippen LogP contribution in [0.1, 0.15) is 31.7 Å². The van der Waals surface area contributed by atoms with E-state index in [0.29, 0.717) is 24.8 Å². The zero-order valence-corrected chi connectivity index (χ0v) is 11.8. The molecule has 0 saturated carbocycles. The van der Waals surface area contributed by atoms with E-state index < -0.39 is 0 Å². The third kappa shape index (κ3) is 3.27. The summed E-state index contributed by atoms with van der Waals surface area (Å²) in [5.74, 6) is 1.95. The molecule has 8 nitrogen and oxygen atoms in total. The van der Waals surface area contributed by atoms with Gasteiger partial charge in [-0.25, -0.2) is 15.0 Å². The molecular weight excluding hydrogens is 272 g/mol. The van der Waals surface area contributed by atoms with Crippen molar-refractivity contribution in [1.82, 2.24) is 25.1 Å². The van der Waals surface area contributed by atoms with Crippen molar-refractivity contribution in [1.29, 1.82) is 0 Å². The SMILES string of the molecule is CCOc1nccnc1NC[C@H]1CC[C@@H](c2ncn[nH]2)O1. The van der Waals surface area contributed by atoms with Crippen LogP contribution in [0.2, 0.25) is 0 Å². The largest absolute Gasteiger partial charge is 0.475 e. The van der Waals surface area contributed by atoms with E-state index in [1.807, 2.05) is 6.92 Å². The first-order chi connectivity index (χ1) is 10.4. The standard InChI is InChI=1S/C13H18N6O2/c1-2-20-13-12(14-5-6-15-13)16-7-9-3-4-10(21-9)11-17-8-18-19-11/h5-6,8-10H,2-4,7H2,1H3,(H,14,16)(H,17,18,19)/t9-,10+/m1/s1. The molecule has 1 fully saturated rings. The van der Waals surface area contributed by atoms with Crippen molar-refractivity contribution in [3.8, 4) is 5.88 Å². The number of anilines is 1. The second-order valence-electron chi connectivity index (χ2n) is 4.72. The average molecular weight is 290 g/mol. The Morgan fingerprint density at radius 2 is 2.24 bits per heavy atom. The third-order valence-corrected chi connectivity index (χ3v) is 3.29. The number of aromatic nitrogens is 5. The van der Waals surface area contributed by atoms with Crippen LogP contribution < -0.4 is 10.1 Å². The van der Waals surface area contributed by atoms with Gasteiger partial charge in [0.1, 0.15) is 12.4 Å². The van der Waals surface area contributed by atoms with Crippen molar-refractivity contribution in [2.24, 2.45) is 0 Å². The number of nitrogens with zero attached hydrogens (tertiary/aromatic N) is 4. The minimum absolute atomic E-state index is 0.00693. The lowest BCUT2D eigenvalue weighted by Gasteiger charge is -2.14. The lowest BCUT2D eigenvalue weighted by atomic mass is 10.2. The van der Waals surface area contributed by atoms with Crippen LogP contribution in [0.5, 0.6) is 5.88 Å². The molecule has 0 amide bonds. The van der Waals surface area contributed by atoms with Crippen molar-refractivity contribution >= 4 is 5.82 Å². The molecule has 3 heterocycles. The number of ether oxygens (including phenoxy) is 2. The van der Waals surface area contributed by atoms with Gasteiger partial charge in [-0.2, -0.15) is 5.10 Å². The number of hydrogen-bond donors (Lipinski definition) is 2. The molecule has 0 aromatic carbocycles. The highest BCUT2D eigenvalue weighted by Crippen LogP contribution is 2.30. The summed E-state index contributed by atoms with van der Waals surface area (Å²) in [4.78, 5) is 12.5. The summed E-state index contributed by atoms with van der Waals surface area (Å²) in [5.41, 5.74) is 0. The molecule has 3 rings (SSSR count). The quantitative estimate of drug-likeness (QED) is 0.828. The lowest BCUT2D eigenvalue weighted by molar-refractivity contribution is 0.0471. The second kappa shape index (κ2) is 6.49. The van der Waals surface area contributed by atoms with Gasteiger partial charge in [-0.15, -0.1) is 0 Å². The van der Waals surface area contributed by atoms with E-state index in [-0.39, 0.29) is 12.2 Å². The Hall–Kier alpha value is -2.22. The van der Waals surface area contributed by atoms with Crippen molar-refractivity contribution in [3.63, 3.8) is 0 Å². The maximum atomic E-state index is 5.94. The number of rotatable bonds is 6. The summed E-state index contributed by atoms with van der Waals surface area (Å²) in [6, 6.07) is 0. The van der Waals surface area contributed by atoms with Crippen LogP contribution in [0.25, 0.3) is 0 Å². The van der Waals surface area contributed by atoms with Gasteiger partial charge in [0.2, 0.25) is 0 Å². The van der Waals surface area contributed by atoms with Crippen LogP contribution in [0.15, 0.2) is 18.7 Å². The second-order valence-corrected chi connectivity index (χ2v) is 4.72. The molecule has 2 atom stereocenters. The number of hydrogen-bond acceptors (Lipinski definition) is 7. The highest BCUT2D eigenvalue weighted by molar-refractivity contribution is 5.44. The first-order valence-corrected chi connectivity index (χ1v) is 7.05. The van der Waals surface area contributed by atoms with Gasteiger partial charge in [0.25, 0.3) is 5.88 Å². The smallest absolute Gasteiger partial charge is 0.257 e. The zero-order chi connectivity index (χ0) is 14.5. The van der Waals surface area contributed by atoms with Gasteiger partial charge in [-0.1, -0.05) is 0 Å². The van der Waals surface area contributed by atoms with E-state index in [0.717, 1.165) is 18.7 Å². The minimum Gasteiger partial charge on any atom is -0.475 e. The fraction of sp³-hybridized carbons (Fsp3) is 0.538. The first kappa shape index (κ1) is 13.7. The van der Waals surface area contributed by atoms with E-state index in [4.69, 9.17) is 9.47 Å². The summed E-state index contributed by atoms with van der Waals surface area (Å²) in [6.07, 6.45) is 6.74. The molecule has 2 N–H and O–H groups in total. The van der Waals surface area contributed by atoms with Crippen molar-refractivity contribution in [2.75, 3.05) is 18.5 Å². The molecule has 1 aliphatic heterocycles. The van der Waals surface area contributed by atoms with Crippen LogP contribution in [-0.2, 0) is 4.74 Å². The molecule has 2 aromatic rings. The van der Waals surface area contributed by atoms with E-state index in [1.165, 1.54) is 6.33 Å². The third-order valence-electron chi connectivity index (χ3n) is 3.29. The van der Waals surface area contributed by atoms with E-state index in [9.17, 15) is 0 Å². The Morgan fingerprint density at radius 3 is 3.05 bits per heavy atom. The maximum absolute atomic E-state index is 5.94. The van der Waals surface area contributed by atoms with Crippen molar-refractivity contribution in [2.45, 2.75) is 32.0 Å². The number of H-pyrrole nitrogens is 1. The normalized spacial score (nSPS) is 21.4. The van der Waals surface area contributed by atoms with Crippen molar-refractivity contribution < 1.29 is 9.47 Å². The number of aromatic amines is 1. The molecule has 1 saturated heterocycles. The Balaban J connectivity index is 1.54. The molecule has 0 unspecified atom stereocenters. The topological polar surface area (TPSA) is 97.8 Å². The van der Waals surface area contributed by atoms with Crippen LogP contribution >= 0.6 is 0 Å². The summed E-state index contributed by atoms with van der Waals surface area (Å²) < 4.78 is 11.4. The Bertz CT molecular complexity index is 562. The van der Waals surface area contributed by atoms with E-state index in [2.05, 4.69) is 30.5 Å². The van der Waals surface area contributed by atoms with Crippen LogP contribution in [0, 0.1) is 0 Å². The molecular formula is C13H18N6O2. The molecule has 0 spiro atoms. The molecule has 21 heavy (non-hydrogen) atoms. The summed E-state index contributed by atoms with van der Waals surface area (Å²) in [5, 5.41) is 9.94. The molecule has 2 aromatic heterocycles. The van der Waals surface area contributed by atoms with E-state index in [1.54, 1.807) is 12.4 Å². The molecule has 8 heteroatoms. The molecule has 0 radical (unpaired) electrons. The molecule has 1 aliphatic rings. The Morgan fingerprint density at radius 1 is 1.33 bits per heavy atom. The molecule has 112 valence electrons. The fourth-order valence-corrected chi connectivity index (χ4v) is 2.33. The molecule has 0 bridgehead atoms. The van der Waals surface area contributed by atoms with Crippen molar-refractivity contribution in [3.05, 3.63) is 24.5 Å². The van der Waals surface area contributed by atoms with Crippen LogP contribution in [0.4, 0.5) is 5.82 Å². The average Bonchev–Trinajstić information content (AvgIpc) is 3.18. The van der Waals surface area contributed by atoms with E-state index >= 15 is 0 Å². The van der Waals surface area contributed by atoms with Gasteiger partial charge in [0, 0.05) is 18.9 Å². The zero-order valence-electron chi connectivity index (χ0n) is 11.8. The van der Waals surface area contributed by atoms with Gasteiger partial charge in [0.15, 0.2) is 11.6 Å². The maximum Gasteiger partial charge on any atom is 0.257 e. The van der Waals surface area contributed by atoms with Crippen LogP contribution in [-0.4, -0.2) is 44.4 Å². The minimum atomic E-state index is -0.00693. The van der Waals surface area contributed by atoms with Gasteiger partial charge in [0.05, 0.1) is 12.7 Å². The highest BCUT2D eigenvalue weighted by atomic mass is 16.5. The summed E-state index contributed by atoms with van der Waals surface area (Å²) in [7, 11) is 0. The summed E-state index contributed by atoms with van der Waals surface area (Å²) >= 11 is 0. The van der Waals surface area contributed by atoms with Gasteiger partial charge >= 0.3 is 0 Å².